The van der Waals surface area contributed by atoms with E-state index < -0.39 is 0 Å². The van der Waals surface area contributed by atoms with E-state index in [4.69, 9.17) is 0 Å². The summed E-state index contributed by atoms with van der Waals surface area (Å²) in [5.41, 5.74) is 0. The number of hydrogen-bond donors (Lipinski definition) is 0. The summed E-state index contributed by atoms with van der Waals surface area (Å²) in [6.07, 6.45) is 29.2. The smallest absolute Gasteiger partial charge is 0.229 e. The Labute approximate surface area is 176 Å². The van der Waals surface area contributed by atoms with Gasteiger partial charge in [0.15, 0.2) is 0 Å². The second-order valence-electron chi connectivity index (χ2n) is 9.00. The molecule has 1 atom stereocenters. The summed E-state index contributed by atoms with van der Waals surface area (Å²) in [4.78, 5) is 13.8. The van der Waals surface area contributed by atoms with E-state index in [9.17, 15) is 4.79 Å². The minimum atomic E-state index is 0.277. The fraction of sp³-hybridized carbons (Fsp3) is 0.885. The number of likely N-dealkylation sites (tertiary alicyclic amines) is 1. The summed E-state index contributed by atoms with van der Waals surface area (Å²) in [7, 11) is 0. The topological polar surface area (TPSA) is 20.3 Å². The van der Waals surface area contributed by atoms with Gasteiger partial charge in [0.1, 0.15) is 0 Å². The van der Waals surface area contributed by atoms with Gasteiger partial charge in [0.25, 0.3) is 0 Å². The van der Waals surface area contributed by atoms with E-state index in [0.717, 1.165) is 19.4 Å². The monoisotopic (exact) mass is 391 g/mol. The first-order valence-corrected chi connectivity index (χ1v) is 12.7. The summed E-state index contributed by atoms with van der Waals surface area (Å²) in [6, 6.07) is 0. The normalized spacial score (nSPS) is 16.8. The third-order valence-corrected chi connectivity index (χ3v) is 6.48. The lowest BCUT2D eigenvalue weighted by molar-refractivity contribution is -0.128. The first-order valence-electron chi connectivity index (χ1n) is 12.7. The second kappa shape index (κ2) is 18.3. The van der Waals surface area contributed by atoms with Crippen molar-refractivity contribution in [1.82, 2.24) is 4.90 Å². The number of hydrogen-bond acceptors (Lipinski definition) is 1. The van der Waals surface area contributed by atoms with Gasteiger partial charge in [-0.2, -0.15) is 0 Å². The van der Waals surface area contributed by atoms with E-state index in [0.29, 0.717) is 5.91 Å². The van der Waals surface area contributed by atoms with Crippen LogP contribution in [0.2, 0.25) is 0 Å². The molecular weight excluding hydrogens is 342 g/mol. The van der Waals surface area contributed by atoms with E-state index in [1.165, 1.54) is 116 Å². The maximum atomic E-state index is 12.0. The molecule has 0 aromatic heterocycles. The fourth-order valence-corrected chi connectivity index (χ4v) is 4.50. The molecule has 164 valence electrons. The van der Waals surface area contributed by atoms with Crippen LogP contribution in [-0.4, -0.2) is 17.4 Å². The first-order chi connectivity index (χ1) is 13.8. The van der Waals surface area contributed by atoms with Gasteiger partial charge >= 0.3 is 0 Å². The van der Waals surface area contributed by atoms with Gasteiger partial charge in [-0.1, -0.05) is 129 Å². The van der Waals surface area contributed by atoms with Crippen molar-refractivity contribution in [2.45, 2.75) is 135 Å². The molecule has 2 heteroatoms. The Kier molecular flexibility index (Phi) is 16.5. The first kappa shape index (κ1) is 25.2. The van der Waals surface area contributed by atoms with Crippen molar-refractivity contribution >= 4 is 5.91 Å². The zero-order chi connectivity index (χ0) is 20.3. The summed E-state index contributed by atoms with van der Waals surface area (Å²) in [5.74, 6) is 0.584. The number of carbonyl (C=O) groups is 1. The average Bonchev–Trinajstić information content (AvgIpc) is 3.06. The summed E-state index contributed by atoms with van der Waals surface area (Å²) >= 11 is 0. The third kappa shape index (κ3) is 12.6. The molecule has 0 spiro atoms. The van der Waals surface area contributed by atoms with E-state index in [1.807, 2.05) is 0 Å². The minimum Gasteiger partial charge on any atom is -0.319 e. The molecule has 1 fully saturated rings. The third-order valence-electron chi connectivity index (χ3n) is 6.48. The van der Waals surface area contributed by atoms with Crippen molar-refractivity contribution in [2.75, 3.05) is 6.54 Å². The molecular formula is C26H49NO. The van der Waals surface area contributed by atoms with Crippen molar-refractivity contribution in [3.05, 3.63) is 12.8 Å². The highest BCUT2D eigenvalue weighted by Gasteiger charge is 2.29. The van der Waals surface area contributed by atoms with Crippen LogP contribution in [0, 0.1) is 5.92 Å². The second-order valence-corrected chi connectivity index (χ2v) is 9.00. The van der Waals surface area contributed by atoms with Crippen molar-refractivity contribution in [1.29, 1.82) is 0 Å². The standard InChI is InChI=1S/C26H49NO/c1-3-5-6-7-8-9-10-11-12-13-14-15-16-17-18-19-20-21-22-25-23-24-27(4-2)26(25)28/h4,25H,2-3,5-24H2,1H3. The molecule has 0 bridgehead atoms. The van der Waals surface area contributed by atoms with Crippen LogP contribution in [0.5, 0.6) is 0 Å². The molecule has 1 unspecified atom stereocenters. The minimum absolute atomic E-state index is 0.277. The summed E-state index contributed by atoms with van der Waals surface area (Å²) in [6.45, 7) is 6.89. The highest BCUT2D eigenvalue weighted by Crippen LogP contribution is 2.24. The van der Waals surface area contributed by atoms with Gasteiger partial charge in [-0.25, -0.2) is 0 Å². The molecule has 0 aromatic rings. The molecule has 0 N–H and O–H groups in total. The van der Waals surface area contributed by atoms with Gasteiger partial charge in [0, 0.05) is 12.5 Å². The molecule has 0 aromatic carbocycles. The summed E-state index contributed by atoms with van der Waals surface area (Å²) in [5, 5.41) is 0. The largest absolute Gasteiger partial charge is 0.319 e. The van der Waals surface area contributed by atoms with Crippen LogP contribution in [0.1, 0.15) is 135 Å². The highest BCUT2D eigenvalue weighted by molar-refractivity contribution is 5.81. The van der Waals surface area contributed by atoms with Crippen LogP contribution in [0.3, 0.4) is 0 Å². The van der Waals surface area contributed by atoms with Gasteiger partial charge in [-0.05, 0) is 19.0 Å². The average molecular weight is 392 g/mol. The Bertz CT molecular complexity index is 379. The van der Waals surface area contributed by atoms with E-state index >= 15 is 0 Å². The van der Waals surface area contributed by atoms with Crippen molar-refractivity contribution in [2.24, 2.45) is 5.92 Å². The summed E-state index contributed by atoms with van der Waals surface area (Å²) < 4.78 is 0. The Morgan fingerprint density at radius 1 is 0.750 bits per heavy atom. The number of amides is 1. The Hall–Kier alpha value is -0.790. The molecule has 1 rings (SSSR count). The van der Waals surface area contributed by atoms with Crippen LogP contribution in [0.25, 0.3) is 0 Å². The van der Waals surface area contributed by atoms with E-state index in [1.54, 1.807) is 11.1 Å². The van der Waals surface area contributed by atoms with Crippen LogP contribution in [0.15, 0.2) is 12.8 Å². The fourth-order valence-electron chi connectivity index (χ4n) is 4.50. The number of carbonyl (C=O) groups excluding carboxylic acids is 1. The molecule has 1 saturated heterocycles. The lowest BCUT2D eigenvalue weighted by Crippen LogP contribution is -2.21. The lowest BCUT2D eigenvalue weighted by atomic mass is 9.98. The van der Waals surface area contributed by atoms with Gasteiger partial charge < -0.3 is 4.90 Å². The van der Waals surface area contributed by atoms with Crippen LogP contribution >= 0.6 is 0 Å². The van der Waals surface area contributed by atoms with E-state index in [2.05, 4.69) is 13.5 Å². The zero-order valence-corrected chi connectivity index (χ0v) is 19.1. The molecule has 0 radical (unpaired) electrons. The molecule has 1 aliphatic heterocycles. The number of nitrogens with zero attached hydrogens (tertiary/aromatic N) is 1. The molecule has 28 heavy (non-hydrogen) atoms. The van der Waals surface area contributed by atoms with Crippen molar-refractivity contribution in [3.8, 4) is 0 Å². The predicted octanol–water partition coefficient (Wildman–Crippen LogP) is 8.41. The molecule has 0 saturated carbocycles. The predicted molar refractivity (Wildman–Crippen MR) is 123 cm³/mol. The number of rotatable bonds is 20. The quantitative estimate of drug-likeness (QED) is 0.191. The zero-order valence-electron chi connectivity index (χ0n) is 19.1. The molecule has 1 heterocycles. The van der Waals surface area contributed by atoms with Gasteiger partial charge in [-0.15, -0.1) is 0 Å². The molecule has 0 aliphatic carbocycles. The molecule has 1 amide bonds. The maximum absolute atomic E-state index is 12.0. The highest BCUT2D eigenvalue weighted by atomic mass is 16.2. The Balaban J connectivity index is 1.72. The van der Waals surface area contributed by atoms with Gasteiger partial charge in [0.2, 0.25) is 5.91 Å². The van der Waals surface area contributed by atoms with Crippen LogP contribution in [-0.2, 0) is 4.79 Å². The van der Waals surface area contributed by atoms with Crippen molar-refractivity contribution < 1.29 is 4.79 Å². The maximum Gasteiger partial charge on any atom is 0.229 e. The van der Waals surface area contributed by atoms with Gasteiger partial charge in [0.05, 0.1) is 0 Å². The number of unbranched alkanes of at least 4 members (excludes halogenated alkanes) is 17. The van der Waals surface area contributed by atoms with Gasteiger partial charge in [-0.3, -0.25) is 4.79 Å². The van der Waals surface area contributed by atoms with E-state index in [-0.39, 0.29) is 5.92 Å². The lowest BCUT2D eigenvalue weighted by Gasteiger charge is -2.10. The Morgan fingerprint density at radius 2 is 1.14 bits per heavy atom. The van der Waals surface area contributed by atoms with Crippen LogP contribution in [0.4, 0.5) is 0 Å². The molecule has 1 aliphatic rings. The van der Waals surface area contributed by atoms with Crippen molar-refractivity contribution in [3.63, 3.8) is 0 Å². The molecule has 2 nitrogen and oxygen atoms in total. The Morgan fingerprint density at radius 3 is 1.50 bits per heavy atom. The van der Waals surface area contributed by atoms with Crippen LogP contribution < -0.4 is 0 Å². The SMILES string of the molecule is C=CN1CCC(CCCCCCCCCCCCCCCCCCCC)C1=O.